The van der Waals surface area contributed by atoms with Crippen LogP contribution in [-0.4, -0.2) is 30.6 Å². The van der Waals surface area contributed by atoms with E-state index in [1.54, 1.807) is 0 Å². The molecule has 1 fully saturated rings. The molecule has 0 amide bonds. The minimum absolute atomic E-state index is 0.646. The van der Waals surface area contributed by atoms with Crippen LogP contribution in [0.5, 0.6) is 0 Å². The van der Waals surface area contributed by atoms with E-state index in [0.717, 1.165) is 25.2 Å². The van der Waals surface area contributed by atoms with Crippen LogP contribution >= 0.6 is 0 Å². The van der Waals surface area contributed by atoms with Crippen LogP contribution in [0.15, 0.2) is 24.3 Å². The van der Waals surface area contributed by atoms with Crippen LogP contribution in [0, 0.1) is 17.2 Å². The van der Waals surface area contributed by atoms with E-state index in [4.69, 9.17) is 5.26 Å². The summed E-state index contributed by atoms with van der Waals surface area (Å²) in [6.07, 6.45) is 3.94. The molecule has 1 aliphatic rings. The highest BCUT2D eigenvalue weighted by atomic mass is 15.2. The second kappa shape index (κ2) is 8.17. The SMILES string of the molecule is CC(C)CNCC1CCCCN1Cc1ccc(C#N)cc1. The van der Waals surface area contributed by atoms with E-state index in [1.165, 1.54) is 31.4 Å². The quantitative estimate of drug-likeness (QED) is 0.872. The Morgan fingerprint density at radius 3 is 2.71 bits per heavy atom. The number of hydrogen-bond acceptors (Lipinski definition) is 3. The van der Waals surface area contributed by atoms with E-state index in [9.17, 15) is 0 Å². The fraction of sp³-hybridized carbons (Fsp3) is 0.611. The number of hydrogen-bond donors (Lipinski definition) is 1. The molecule has 0 saturated carbocycles. The van der Waals surface area contributed by atoms with Crippen LogP contribution < -0.4 is 5.32 Å². The van der Waals surface area contributed by atoms with Crippen LogP contribution in [0.1, 0.15) is 44.2 Å². The Morgan fingerprint density at radius 2 is 2.05 bits per heavy atom. The second-order valence-electron chi connectivity index (χ2n) is 6.48. The number of rotatable bonds is 6. The lowest BCUT2D eigenvalue weighted by molar-refractivity contribution is 0.137. The molecule has 1 atom stereocenters. The molecule has 1 N–H and O–H groups in total. The highest BCUT2D eigenvalue weighted by Gasteiger charge is 2.22. The van der Waals surface area contributed by atoms with Crippen molar-refractivity contribution < 1.29 is 0 Å². The van der Waals surface area contributed by atoms with Gasteiger partial charge in [-0.05, 0) is 49.5 Å². The third kappa shape index (κ3) is 5.15. The smallest absolute Gasteiger partial charge is 0.0991 e. The molecule has 3 nitrogen and oxygen atoms in total. The molecule has 0 spiro atoms. The van der Waals surface area contributed by atoms with Gasteiger partial charge in [0.2, 0.25) is 0 Å². The first kappa shape index (κ1) is 16.0. The maximum atomic E-state index is 8.87. The minimum atomic E-state index is 0.646. The van der Waals surface area contributed by atoms with E-state index in [0.29, 0.717) is 12.0 Å². The largest absolute Gasteiger partial charge is 0.315 e. The molecule has 21 heavy (non-hydrogen) atoms. The minimum Gasteiger partial charge on any atom is -0.315 e. The summed E-state index contributed by atoms with van der Waals surface area (Å²) < 4.78 is 0. The zero-order valence-electron chi connectivity index (χ0n) is 13.3. The topological polar surface area (TPSA) is 39.1 Å². The van der Waals surface area contributed by atoms with Gasteiger partial charge in [0.1, 0.15) is 0 Å². The molecule has 0 radical (unpaired) electrons. The summed E-state index contributed by atoms with van der Waals surface area (Å²) in [5.41, 5.74) is 2.05. The van der Waals surface area contributed by atoms with Crippen LogP contribution in [-0.2, 0) is 6.54 Å². The Bertz CT molecular complexity index is 458. The van der Waals surface area contributed by atoms with Gasteiger partial charge in [-0.3, -0.25) is 4.90 Å². The molecule has 0 aliphatic carbocycles. The molecule has 0 bridgehead atoms. The Balaban J connectivity index is 1.90. The highest BCUT2D eigenvalue weighted by molar-refractivity contribution is 5.31. The first-order chi connectivity index (χ1) is 10.2. The molecule has 1 aromatic rings. The summed E-state index contributed by atoms with van der Waals surface area (Å²) in [7, 11) is 0. The summed E-state index contributed by atoms with van der Waals surface area (Å²) in [6, 6.07) is 10.8. The highest BCUT2D eigenvalue weighted by Crippen LogP contribution is 2.19. The van der Waals surface area contributed by atoms with E-state index < -0.39 is 0 Å². The molecule has 0 aromatic heterocycles. The van der Waals surface area contributed by atoms with Crippen molar-refractivity contribution in [2.24, 2.45) is 5.92 Å². The predicted octanol–water partition coefficient (Wildman–Crippen LogP) is 3.16. The molecule has 1 aliphatic heterocycles. The van der Waals surface area contributed by atoms with Crippen molar-refractivity contribution in [2.75, 3.05) is 19.6 Å². The third-order valence-corrected chi connectivity index (χ3v) is 4.15. The Labute approximate surface area is 129 Å². The van der Waals surface area contributed by atoms with Gasteiger partial charge in [0.25, 0.3) is 0 Å². The molecule has 2 rings (SSSR count). The van der Waals surface area contributed by atoms with Gasteiger partial charge in [-0.2, -0.15) is 5.26 Å². The number of nitrogens with zero attached hydrogens (tertiary/aromatic N) is 2. The third-order valence-electron chi connectivity index (χ3n) is 4.15. The van der Waals surface area contributed by atoms with Gasteiger partial charge in [-0.15, -0.1) is 0 Å². The van der Waals surface area contributed by atoms with Crippen LogP contribution in [0.2, 0.25) is 0 Å². The summed E-state index contributed by atoms with van der Waals surface area (Å²) in [6.45, 7) is 8.88. The number of nitrogens with one attached hydrogen (secondary N) is 1. The van der Waals surface area contributed by atoms with E-state index in [-0.39, 0.29) is 0 Å². The summed E-state index contributed by atoms with van der Waals surface area (Å²) in [5.74, 6) is 0.709. The first-order valence-electron chi connectivity index (χ1n) is 8.13. The maximum absolute atomic E-state index is 8.87. The maximum Gasteiger partial charge on any atom is 0.0991 e. The van der Waals surface area contributed by atoms with Gasteiger partial charge < -0.3 is 5.32 Å². The Morgan fingerprint density at radius 1 is 1.29 bits per heavy atom. The normalized spacial score (nSPS) is 19.6. The van der Waals surface area contributed by atoms with Crippen LogP contribution in [0.4, 0.5) is 0 Å². The standard InChI is InChI=1S/C18H27N3/c1-15(2)12-20-13-18-5-3-4-10-21(18)14-17-8-6-16(11-19)7-9-17/h6-9,15,18,20H,3-5,10,12-14H2,1-2H3. The Kier molecular flexibility index (Phi) is 6.22. The van der Waals surface area contributed by atoms with Gasteiger partial charge >= 0.3 is 0 Å². The van der Waals surface area contributed by atoms with Gasteiger partial charge in [-0.1, -0.05) is 32.4 Å². The van der Waals surface area contributed by atoms with Crippen molar-refractivity contribution in [1.82, 2.24) is 10.2 Å². The van der Waals surface area contributed by atoms with Crippen LogP contribution in [0.3, 0.4) is 0 Å². The van der Waals surface area contributed by atoms with Crippen molar-refractivity contribution in [1.29, 1.82) is 5.26 Å². The lowest BCUT2D eigenvalue weighted by Crippen LogP contribution is -2.45. The predicted molar refractivity (Wildman–Crippen MR) is 86.9 cm³/mol. The van der Waals surface area contributed by atoms with Crippen molar-refractivity contribution in [3.05, 3.63) is 35.4 Å². The molecule has 1 heterocycles. The molecular weight excluding hydrogens is 258 g/mol. The van der Waals surface area contributed by atoms with Crippen LogP contribution in [0.25, 0.3) is 0 Å². The van der Waals surface area contributed by atoms with E-state index in [1.807, 2.05) is 12.1 Å². The molecule has 114 valence electrons. The average molecular weight is 285 g/mol. The molecule has 1 unspecified atom stereocenters. The zero-order valence-corrected chi connectivity index (χ0v) is 13.3. The summed E-state index contributed by atoms with van der Waals surface area (Å²) in [5, 5.41) is 12.5. The number of benzene rings is 1. The monoisotopic (exact) mass is 285 g/mol. The fourth-order valence-electron chi connectivity index (χ4n) is 2.96. The molecule has 3 heteroatoms. The average Bonchev–Trinajstić information content (AvgIpc) is 2.49. The Hall–Kier alpha value is -1.37. The molecule has 1 aromatic carbocycles. The zero-order chi connectivity index (χ0) is 15.1. The van der Waals surface area contributed by atoms with Crippen molar-refractivity contribution in [2.45, 2.75) is 45.7 Å². The number of likely N-dealkylation sites (tertiary alicyclic amines) is 1. The second-order valence-corrected chi connectivity index (χ2v) is 6.48. The van der Waals surface area contributed by atoms with Crippen molar-refractivity contribution in [3.8, 4) is 6.07 Å². The van der Waals surface area contributed by atoms with E-state index in [2.05, 4.69) is 42.3 Å². The van der Waals surface area contributed by atoms with Gasteiger partial charge in [-0.25, -0.2) is 0 Å². The molecular formula is C18H27N3. The summed E-state index contributed by atoms with van der Waals surface area (Å²) in [4.78, 5) is 2.60. The lowest BCUT2D eigenvalue weighted by Gasteiger charge is -2.36. The van der Waals surface area contributed by atoms with Crippen molar-refractivity contribution >= 4 is 0 Å². The first-order valence-corrected chi connectivity index (χ1v) is 8.13. The number of piperidine rings is 1. The molecule has 1 saturated heterocycles. The number of nitriles is 1. The van der Waals surface area contributed by atoms with Crippen molar-refractivity contribution in [3.63, 3.8) is 0 Å². The van der Waals surface area contributed by atoms with Gasteiger partial charge in [0, 0.05) is 19.1 Å². The van der Waals surface area contributed by atoms with Gasteiger partial charge in [0.05, 0.1) is 11.6 Å². The fourth-order valence-corrected chi connectivity index (χ4v) is 2.96. The van der Waals surface area contributed by atoms with Gasteiger partial charge in [0.15, 0.2) is 0 Å². The summed E-state index contributed by atoms with van der Waals surface area (Å²) >= 11 is 0. The lowest BCUT2D eigenvalue weighted by atomic mass is 10.0. The van der Waals surface area contributed by atoms with E-state index >= 15 is 0 Å².